The molecule has 6 unspecified atom stereocenters. The predicted octanol–water partition coefficient (Wildman–Crippen LogP) is 3.55. The van der Waals surface area contributed by atoms with Crippen molar-refractivity contribution in [1.29, 1.82) is 0 Å². The third-order valence-corrected chi connectivity index (χ3v) is 11.1. The SMILES string of the molecule is O=C(On1c(O)c2c(c1O)C1C=CC2C1)c1cc(C(=O)On2c(O)c3c(c2O)C2C=CC3C2)cc(C(=O)On2c(O)c3c(c2O)C2C=CC3C2)c1. The van der Waals surface area contributed by atoms with Gasteiger partial charge < -0.3 is 45.2 Å². The maximum absolute atomic E-state index is 13.6. The summed E-state index contributed by atoms with van der Waals surface area (Å²) < 4.78 is 1.71. The molecule has 10 rings (SSSR count). The first kappa shape index (κ1) is 29.4. The second-order valence-corrected chi connectivity index (χ2v) is 13.7. The van der Waals surface area contributed by atoms with E-state index in [0.717, 1.165) is 18.2 Å². The van der Waals surface area contributed by atoms with Crippen LogP contribution in [0.1, 0.15) is 119 Å². The van der Waals surface area contributed by atoms with E-state index in [1.54, 1.807) is 0 Å². The summed E-state index contributed by atoms with van der Waals surface area (Å²) in [6.45, 7) is 0. The standard InChI is InChI=1S/C36H27N3O12/c40-28-22-13-1-2-14(7-13)23(22)29(41)37(28)49-34(46)19-10-20(35(47)50-38-30(42)24-15-3-4-16(8-15)25(24)31(38)43)12-21(11-19)36(48)51-39-32(44)26-17-5-6-18(9-17)27(26)33(39)45/h1-6,10-18,40-45H,7-9H2. The molecule has 3 aromatic heterocycles. The van der Waals surface area contributed by atoms with Crippen molar-refractivity contribution in [2.45, 2.75) is 54.8 Å². The van der Waals surface area contributed by atoms with Crippen LogP contribution in [0.4, 0.5) is 0 Å². The lowest BCUT2D eigenvalue weighted by atomic mass is 10.0. The van der Waals surface area contributed by atoms with E-state index in [0.29, 0.717) is 66.8 Å². The van der Waals surface area contributed by atoms with Crippen LogP contribution in [0.15, 0.2) is 54.7 Å². The van der Waals surface area contributed by atoms with E-state index in [1.165, 1.54) is 0 Å². The van der Waals surface area contributed by atoms with Gasteiger partial charge in [0.25, 0.3) is 0 Å². The number of aromatic hydroxyl groups is 6. The fourth-order valence-corrected chi connectivity index (χ4v) is 8.90. The van der Waals surface area contributed by atoms with Crippen LogP contribution in [0.25, 0.3) is 0 Å². The Morgan fingerprint density at radius 2 is 0.608 bits per heavy atom. The van der Waals surface area contributed by atoms with Crippen LogP contribution in [-0.4, -0.2) is 62.7 Å². The van der Waals surface area contributed by atoms with Gasteiger partial charge in [-0.05, 0) is 37.5 Å². The Kier molecular flexibility index (Phi) is 5.65. The molecule has 6 aliphatic rings. The number of nitrogens with zero attached hydrogens (tertiary/aromatic N) is 3. The van der Waals surface area contributed by atoms with Crippen molar-refractivity contribution in [3.8, 4) is 35.3 Å². The molecule has 0 aliphatic heterocycles. The minimum Gasteiger partial charge on any atom is -0.492 e. The Hall–Kier alpha value is -6.51. The van der Waals surface area contributed by atoms with Crippen LogP contribution >= 0.6 is 0 Å². The smallest absolute Gasteiger partial charge is 0.363 e. The first-order valence-electron chi connectivity index (χ1n) is 16.4. The number of carbonyl (C=O) groups excluding carboxylic acids is 3. The number of aromatic nitrogens is 3. The highest BCUT2D eigenvalue weighted by Gasteiger charge is 2.45. The van der Waals surface area contributed by atoms with Gasteiger partial charge in [-0.25, -0.2) is 14.4 Å². The third-order valence-electron chi connectivity index (χ3n) is 11.1. The lowest BCUT2D eigenvalue weighted by Gasteiger charge is -2.13. The molecule has 6 atom stereocenters. The van der Waals surface area contributed by atoms with Gasteiger partial charge in [0.05, 0.1) is 16.7 Å². The minimum absolute atomic E-state index is 0.168. The highest BCUT2D eigenvalue weighted by molar-refractivity contribution is 6.01. The molecule has 0 fully saturated rings. The van der Waals surface area contributed by atoms with E-state index in [9.17, 15) is 45.0 Å². The Bertz CT molecular complexity index is 2030. The molecule has 6 aliphatic carbocycles. The summed E-state index contributed by atoms with van der Waals surface area (Å²) in [4.78, 5) is 56.9. The summed E-state index contributed by atoms with van der Waals surface area (Å²) in [6, 6.07) is 3.03. The Morgan fingerprint density at radius 3 is 0.804 bits per heavy atom. The molecule has 6 N–H and O–H groups in total. The van der Waals surface area contributed by atoms with Crippen LogP contribution in [0.5, 0.6) is 35.3 Å². The Labute approximate surface area is 286 Å². The number of rotatable bonds is 6. The molecule has 0 radical (unpaired) electrons. The van der Waals surface area contributed by atoms with Crippen molar-refractivity contribution in [3.63, 3.8) is 0 Å². The van der Waals surface area contributed by atoms with Gasteiger partial charge in [-0.1, -0.05) is 36.5 Å². The summed E-state index contributed by atoms with van der Waals surface area (Å²) in [5.74, 6) is -7.51. The van der Waals surface area contributed by atoms with Crippen LogP contribution in [-0.2, 0) is 0 Å². The molecule has 258 valence electrons. The van der Waals surface area contributed by atoms with Gasteiger partial charge in [0.1, 0.15) is 0 Å². The number of allylic oxidation sites excluding steroid dienone is 6. The van der Waals surface area contributed by atoms with Crippen LogP contribution in [0.2, 0.25) is 0 Å². The zero-order valence-corrected chi connectivity index (χ0v) is 26.3. The second kappa shape index (κ2) is 9.80. The van der Waals surface area contributed by atoms with Crippen molar-refractivity contribution in [2.75, 3.05) is 0 Å². The van der Waals surface area contributed by atoms with Crippen LogP contribution in [0, 0.1) is 0 Å². The highest BCUT2D eigenvalue weighted by Crippen LogP contribution is 2.58. The van der Waals surface area contributed by atoms with Crippen LogP contribution < -0.4 is 14.5 Å². The summed E-state index contributed by atoms with van der Waals surface area (Å²) in [5.41, 5.74) is 1.29. The Morgan fingerprint density at radius 1 is 0.412 bits per heavy atom. The molecule has 4 aromatic rings. The average molecular weight is 694 g/mol. The van der Waals surface area contributed by atoms with Gasteiger partial charge in [-0.2, -0.15) is 0 Å². The van der Waals surface area contributed by atoms with Gasteiger partial charge >= 0.3 is 17.9 Å². The second-order valence-electron chi connectivity index (χ2n) is 13.7. The van der Waals surface area contributed by atoms with Crippen molar-refractivity contribution < 1.29 is 59.5 Å². The average Bonchev–Trinajstić information content (AvgIpc) is 4.00. The van der Waals surface area contributed by atoms with Gasteiger partial charge in [0.15, 0.2) is 0 Å². The normalized spacial score (nSPS) is 24.7. The molecular weight excluding hydrogens is 666 g/mol. The van der Waals surface area contributed by atoms with Gasteiger partial charge in [-0.15, -0.1) is 14.2 Å². The molecule has 0 saturated carbocycles. The molecule has 15 heteroatoms. The summed E-state index contributed by atoms with van der Waals surface area (Å²) in [6.07, 6.45) is 13.3. The number of hydrogen-bond donors (Lipinski definition) is 6. The van der Waals surface area contributed by atoms with Gasteiger partial charge in [0.2, 0.25) is 35.3 Å². The van der Waals surface area contributed by atoms with E-state index in [1.807, 2.05) is 36.5 Å². The fourth-order valence-electron chi connectivity index (χ4n) is 8.90. The van der Waals surface area contributed by atoms with Crippen molar-refractivity contribution >= 4 is 17.9 Å². The number of fused-ring (bicyclic) bond motifs is 15. The van der Waals surface area contributed by atoms with E-state index in [2.05, 4.69) is 0 Å². The largest absolute Gasteiger partial charge is 0.492 e. The van der Waals surface area contributed by atoms with Gasteiger partial charge in [-0.3, -0.25) is 0 Å². The summed E-state index contributed by atoms with van der Waals surface area (Å²) >= 11 is 0. The maximum atomic E-state index is 13.6. The highest BCUT2D eigenvalue weighted by atomic mass is 16.7. The fraction of sp³-hybridized carbons (Fsp3) is 0.250. The van der Waals surface area contributed by atoms with Crippen molar-refractivity contribution in [3.05, 3.63) is 105 Å². The van der Waals surface area contributed by atoms with E-state index < -0.39 is 69.9 Å². The number of carbonyl (C=O) groups is 3. The topological polar surface area (TPSA) is 215 Å². The van der Waals surface area contributed by atoms with Crippen molar-refractivity contribution in [1.82, 2.24) is 14.2 Å². The molecule has 3 heterocycles. The first-order chi connectivity index (χ1) is 24.5. The predicted molar refractivity (Wildman–Crippen MR) is 170 cm³/mol. The van der Waals surface area contributed by atoms with E-state index >= 15 is 0 Å². The molecule has 1 aromatic carbocycles. The van der Waals surface area contributed by atoms with E-state index in [-0.39, 0.29) is 35.5 Å². The number of hydrogen-bond acceptors (Lipinski definition) is 12. The summed E-state index contributed by atoms with van der Waals surface area (Å²) in [7, 11) is 0. The maximum Gasteiger partial charge on any atom is 0.363 e. The lowest BCUT2D eigenvalue weighted by molar-refractivity contribution is 0.0367. The third kappa shape index (κ3) is 3.79. The molecule has 0 amide bonds. The first-order valence-corrected chi connectivity index (χ1v) is 16.4. The van der Waals surface area contributed by atoms with Gasteiger partial charge in [0, 0.05) is 68.9 Å². The quantitative estimate of drug-likeness (QED) is 0.160. The molecule has 6 bridgehead atoms. The van der Waals surface area contributed by atoms with E-state index in [4.69, 9.17) is 14.5 Å². The zero-order valence-electron chi connectivity index (χ0n) is 26.3. The van der Waals surface area contributed by atoms with Crippen molar-refractivity contribution in [2.24, 2.45) is 0 Å². The molecular formula is C36H27N3O12. The zero-order chi connectivity index (χ0) is 35.2. The molecule has 15 nitrogen and oxygen atoms in total. The minimum atomic E-state index is -1.21. The monoisotopic (exact) mass is 693 g/mol. The molecule has 51 heavy (non-hydrogen) atoms. The summed E-state index contributed by atoms with van der Waals surface area (Å²) in [5, 5.41) is 65.3. The molecule has 0 saturated heterocycles. The molecule has 0 spiro atoms. The lowest BCUT2D eigenvalue weighted by Crippen LogP contribution is -2.25. The van der Waals surface area contributed by atoms with Crippen LogP contribution in [0.3, 0.4) is 0 Å². The number of benzene rings is 1. The Balaban J connectivity index is 1.00.